The predicted molar refractivity (Wildman–Crippen MR) is 69.8 cm³/mol. The van der Waals surface area contributed by atoms with Crippen LogP contribution < -0.4 is 0 Å². The lowest BCUT2D eigenvalue weighted by molar-refractivity contribution is 0.155. The smallest absolute Gasteiger partial charge is 0.243 e. The summed E-state index contributed by atoms with van der Waals surface area (Å²) >= 11 is 0. The molecule has 0 spiro atoms. The average molecular weight is 280 g/mol. The first-order valence-electron chi connectivity index (χ1n) is 6.22. The number of benzene rings is 1. The van der Waals surface area contributed by atoms with Crippen LogP contribution in [0.3, 0.4) is 0 Å². The Morgan fingerprint density at radius 3 is 2.58 bits per heavy atom. The van der Waals surface area contributed by atoms with E-state index in [0.29, 0.717) is 18.5 Å². The van der Waals surface area contributed by atoms with Crippen LogP contribution in [0.25, 0.3) is 0 Å². The van der Waals surface area contributed by atoms with Crippen molar-refractivity contribution in [2.24, 2.45) is 0 Å². The molecule has 1 aromatic carbocycles. The second kappa shape index (κ2) is 5.70. The maximum absolute atomic E-state index is 12.5. The molecule has 1 fully saturated rings. The highest BCUT2D eigenvalue weighted by Crippen LogP contribution is 2.25. The molecule has 1 atom stereocenters. The summed E-state index contributed by atoms with van der Waals surface area (Å²) in [4.78, 5) is 0.173. The summed E-state index contributed by atoms with van der Waals surface area (Å²) in [5, 5.41) is 18.0. The number of sulfonamides is 1. The van der Waals surface area contributed by atoms with E-state index in [9.17, 15) is 13.5 Å². The summed E-state index contributed by atoms with van der Waals surface area (Å²) in [6, 6.07) is 7.48. The van der Waals surface area contributed by atoms with Crippen molar-refractivity contribution in [3.8, 4) is 6.07 Å². The molecule has 0 amide bonds. The van der Waals surface area contributed by atoms with E-state index in [2.05, 4.69) is 0 Å². The number of nitriles is 1. The minimum Gasteiger partial charge on any atom is -0.395 e. The van der Waals surface area contributed by atoms with Gasteiger partial charge in [-0.2, -0.15) is 9.57 Å². The summed E-state index contributed by atoms with van der Waals surface area (Å²) in [5.41, 5.74) is 0.427. The van der Waals surface area contributed by atoms with Crippen molar-refractivity contribution in [1.82, 2.24) is 4.31 Å². The number of hydrogen-bond donors (Lipinski definition) is 1. The number of aliphatic hydroxyl groups excluding tert-OH is 1. The fraction of sp³-hybridized carbons (Fsp3) is 0.462. The molecule has 1 heterocycles. The van der Waals surface area contributed by atoms with Crippen LogP contribution in [-0.4, -0.2) is 37.0 Å². The maximum atomic E-state index is 12.5. The quantitative estimate of drug-likeness (QED) is 0.898. The molecule has 0 saturated carbocycles. The van der Waals surface area contributed by atoms with Gasteiger partial charge in [0, 0.05) is 12.6 Å². The van der Waals surface area contributed by atoms with Crippen LogP contribution in [0, 0.1) is 11.3 Å². The summed E-state index contributed by atoms with van der Waals surface area (Å²) < 4.78 is 26.3. The van der Waals surface area contributed by atoms with Crippen LogP contribution >= 0.6 is 0 Å². The van der Waals surface area contributed by atoms with Gasteiger partial charge in [0.1, 0.15) is 0 Å². The van der Waals surface area contributed by atoms with Crippen LogP contribution in [0.15, 0.2) is 29.2 Å². The maximum Gasteiger partial charge on any atom is 0.243 e. The first kappa shape index (κ1) is 14.0. The van der Waals surface area contributed by atoms with E-state index in [4.69, 9.17) is 5.26 Å². The van der Waals surface area contributed by atoms with Gasteiger partial charge in [0.05, 0.1) is 23.1 Å². The predicted octanol–water partition coefficient (Wildman–Crippen LogP) is 1.09. The highest BCUT2D eigenvalue weighted by Gasteiger charge is 2.32. The second-order valence-corrected chi connectivity index (χ2v) is 6.47. The van der Waals surface area contributed by atoms with E-state index in [-0.39, 0.29) is 17.5 Å². The fourth-order valence-electron chi connectivity index (χ4n) is 2.31. The Morgan fingerprint density at radius 1 is 1.32 bits per heavy atom. The summed E-state index contributed by atoms with van der Waals surface area (Å²) in [6.07, 6.45) is 2.43. The zero-order valence-corrected chi connectivity index (χ0v) is 11.3. The number of nitrogens with zero attached hydrogens (tertiary/aromatic N) is 2. The molecular formula is C13H16N2O3S. The third-order valence-electron chi connectivity index (χ3n) is 3.37. The molecule has 1 aromatic rings. The Labute approximate surface area is 113 Å². The van der Waals surface area contributed by atoms with Crippen LogP contribution in [0.1, 0.15) is 24.8 Å². The van der Waals surface area contributed by atoms with E-state index < -0.39 is 10.0 Å². The summed E-state index contributed by atoms with van der Waals surface area (Å²) in [5.74, 6) is 0. The molecule has 0 unspecified atom stereocenters. The van der Waals surface area contributed by atoms with Gasteiger partial charge in [-0.05, 0) is 37.1 Å². The van der Waals surface area contributed by atoms with E-state index >= 15 is 0 Å². The number of hydrogen-bond acceptors (Lipinski definition) is 4. The molecule has 2 rings (SSSR count). The minimum atomic E-state index is -3.58. The van der Waals surface area contributed by atoms with Crippen molar-refractivity contribution >= 4 is 10.0 Å². The van der Waals surface area contributed by atoms with Crippen molar-refractivity contribution in [3.63, 3.8) is 0 Å². The molecule has 1 saturated heterocycles. The minimum absolute atomic E-state index is 0.157. The van der Waals surface area contributed by atoms with Gasteiger partial charge in [-0.1, -0.05) is 6.42 Å². The van der Waals surface area contributed by atoms with Crippen molar-refractivity contribution < 1.29 is 13.5 Å². The lowest BCUT2D eigenvalue weighted by atomic mass is 10.1. The number of piperidine rings is 1. The Hall–Kier alpha value is -1.42. The number of rotatable bonds is 3. The van der Waals surface area contributed by atoms with E-state index in [1.807, 2.05) is 6.07 Å². The van der Waals surface area contributed by atoms with Gasteiger partial charge >= 0.3 is 0 Å². The molecule has 1 aliphatic rings. The molecule has 6 heteroatoms. The van der Waals surface area contributed by atoms with Gasteiger partial charge in [-0.15, -0.1) is 0 Å². The van der Waals surface area contributed by atoms with Crippen LogP contribution in [0.5, 0.6) is 0 Å². The van der Waals surface area contributed by atoms with Crippen LogP contribution in [0.2, 0.25) is 0 Å². The van der Waals surface area contributed by atoms with Gasteiger partial charge in [-0.25, -0.2) is 8.42 Å². The number of aliphatic hydroxyl groups is 1. The normalized spacial score (nSPS) is 20.9. The molecule has 102 valence electrons. The lowest BCUT2D eigenvalue weighted by Crippen LogP contribution is -2.45. The van der Waals surface area contributed by atoms with Crippen LogP contribution in [-0.2, 0) is 10.0 Å². The van der Waals surface area contributed by atoms with Gasteiger partial charge in [-0.3, -0.25) is 0 Å². The zero-order chi connectivity index (χ0) is 13.9. The van der Waals surface area contributed by atoms with Crippen molar-refractivity contribution in [3.05, 3.63) is 29.8 Å². The van der Waals surface area contributed by atoms with E-state index in [1.165, 1.54) is 28.6 Å². The molecular weight excluding hydrogens is 264 g/mol. The first-order chi connectivity index (χ1) is 9.09. The molecule has 1 N–H and O–H groups in total. The topological polar surface area (TPSA) is 81.4 Å². The van der Waals surface area contributed by atoms with Gasteiger partial charge in [0.25, 0.3) is 0 Å². The lowest BCUT2D eigenvalue weighted by Gasteiger charge is -2.33. The van der Waals surface area contributed by atoms with Gasteiger partial charge in [0.2, 0.25) is 10.0 Å². The van der Waals surface area contributed by atoms with Crippen molar-refractivity contribution in [2.45, 2.75) is 30.2 Å². The molecule has 0 aromatic heterocycles. The average Bonchev–Trinajstić information content (AvgIpc) is 2.47. The Balaban J connectivity index is 2.32. The first-order valence-corrected chi connectivity index (χ1v) is 7.66. The fourth-order valence-corrected chi connectivity index (χ4v) is 3.99. The molecule has 1 aliphatic heterocycles. The largest absolute Gasteiger partial charge is 0.395 e. The third kappa shape index (κ3) is 2.78. The zero-order valence-electron chi connectivity index (χ0n) is 10.5. The second-order valence-electron chi connectivity index (χ2n) is 4.58. The standard InChI is InChI=1S/C13H16N2O3S/c14-9-11-4-6-13(7-5-11)19(17,18)15-8-2-1-3-12(15)10-16/h4-7,12,16H,1-3,8,10H2/t12-/m1/s1. The molecule has 5 nitrogen and oxygen atoms in total. The van der Waals surface area contributed by atoms with Crippen LogP contribution in [0.4, 0.5) is 0 Å². The molecule has 0 radical (unpaired) electrons. The highest BCUT2D eigenvalue weighted by atomic mass is 32.2. The van der Waals surface area contributed by atoms with Crippen molar-refractivity contribution in [1.29, 1.82) is 5.26 Å². The molecule has 0 aliphatic carbocycles. The SMILES string of the molecule is N#Cc1ccc(S(=O)(=O)N2CCCC[C@@H]2CO)cc1. The van der Waals surface area contributed by atoms with Crippen molar-refractivity contribution in [2.75, 3.05) is 13.2 Å². The Bertz CT molecular complexity index is 575. The van der Waals surface area contributed by atoms with Gasteiger partial charge < -0.3 is 5.11 Å². The van der Waals surface area contributed by atoms with E-state index in [0.717, 1.165) is 12.8 Å². The monoisotopic (exact) mass is 280 g/mol. The van der Waals surface area contributed by atoms with Gasteiger partial charge in [0.15, 0.2) is 0 Å². The molecule has 19 heavy (non-hydrogen) atoms. The third-order valence-corrected chi connectivity index (χ3v) is 5.34. The highest BCUT2D eigenvalue weighted by molar-refractivity contribution is 7.89. The summed E-state index contributed by atoms with van der Waals surface area (Å²) in [6.45, 7) is 0.281. The Kier molecular flexibility index (Phi) is 4.20. The molecule has 0 bridgehead atoms. The van der Waals surface area contributed by atoms with E-state index in [1.54, 1.807) is 0 Å². The summed E-state index contributed by atoms with van der Waals surface area (Å²) in [7, 11) is -3.58. The Morgan fingerprint density at radius 2 is 2.00 bits per heavy atom.